The first-order chi connectivity index (χ1) is 12.0. The zero-order valence-electron chi connectivity index (χ0n) is 16.1. The van der Waals surface area contributed by atoms with E-state index in [0.29, 0.717) is 12.6 Å². The predicted molar refractivity (Wildman–Crippen MR) is 105 cm³/mol. The van der Waals surface area contributed by atoms with E-state index in [-0.39, 0.29) is 0 Å². The van der Waals surface area contributed by atoms with E-state index in [1.54, 1.807) is 0 Å². The van der Waals surface area contributed by atoms with E-state index in [0.717, 1.165) is 31.0 Å². The van der Waals surface area contributed by atoms with Crippen molar-refractivity contribution in [1.29, 1.82) is 0 Å². The van der Waals surface area contributed by atoms with Crippen LogP contribution in [0.5, 0.6) is 0 Å². The Hall–Kier alpha value is -2.30. The number of nitrogens with zero attached hydrogens (tertiary/aromatic N) is 3. The summed E-state index contributed by atoms with van der Waals surface area (Å²) < 4.78 is 1.92. The van der Waals surface area contributed by atoms with Gasteiger partial charge in [-0.1, -0.05) is 30.3 Å². The van der Waals surface area contributed by atoms with Gasteiger partial charge in [0.25, 0.3) is 0 Å². The van der Waals surface area contributed by atoms with Crippen molar-refractivity contribution in [3.8, 4) is 0 Å². The molecule has 0 aliphatic heterocycles. The van der Waals surface area contributed by atoms with Gasteiger partial charge in [0, 0.05) is 30.9 Å². The number of hydrogen-bond donors (Lipinski definition) is 2. The zero-order chi connectivity index (χ0) is 18.2. The molecule has 5 nitrogen and oxygen atoms in total. The van der Waals surface area contributed by atoms with Crippen molar-refractivity contribution >= 4 is 5.96 Å². The van der Waals surface area contributed by atoms with Crippen LogP contribution in [-0.2, 0) is 20.0 Å². The number of nitrogens with one attached hydrogen (secondary N) is 2. The molecular formula is C20H31N5. The molecule has 2 aromatic rings. The summed E-state index contributed by atoms with van der Waals surface area (Å²) in [7, 11) is 1.98. The number of aryl methyl sites for hydroxylation is 3. The van der Waals surface area contributed by atoms with Gasteiger partial charge in [-0.05, 0) is 46.1 Å². The van der Waals surface area contributed by atoms with Crippen molar-refractivity contribution in [2.45, 2.75) is 53.1 Å². The lowest BCUT2D eigenvalue weighted by molar-refractivity contribution is 0.593. The molecule has 0 bridgehead atoms. The molecule has 0 saturated heterocycles. The summed E-state index contributed by atoms with van der Waals surface area (Å²) in [6, 6.07) is 11.0. The number of guanidine groups is 1. The quantitative estimate of drug-likeness (QED) is 0.601. The van der Waals surface area contributed by atoms with Gasteiger partial charge in [0.1, 0.15) is 0 Å². The Morgan fingerprint density at radius 1 is 1.24 bits per heavy atom. The molecule has 2 N–H and O–H groups in total. The van der Waals surface area contributed by atoms with Crippen molar-refractivity contribution in [2.75, 3.05) is 6.54 Å². The molecule has 5 heteroatoms. The first kappa shape index (κ1) is 19.0. The number of benzene rings is 1. The second-order valence-corrected chi connectivity index (χ2v) is 6.54. The SMILES string of the molecule is CCNC(=NCc1c(C)nn(C)c1C)NC(C)CCc1ccccc1. The second kappa shape index (κ2) is 9.25. The highest BCUT2D eigenvalue weighted by Crippen LogP contribution is 2.13. The van der Waals surface area contributed by atoms with Crippen LogP contribution in [0.3, 0.4) is 0 Å². The molecule has 0 saturated carbocycles. The van der Waals surface area contributed by atoms with E-state index in [4.69, 9.17) is 4.99 Å². The Labute approximate surface area is 151 Å². The molecule has 0 aliphatic carbocycles. The molecule has 1 aromatic carbocycles. The van der Waals surface area contributed by atoms with Crippen molar-refractivity contribution in [2.24, 2.45) is 12.0 Å². The van der Waals surface area contributed by atoms with E-state index in [2.05, 4.69) is 66.8 Å². The molecule has 0 spiro atoms. The van der Waals surface area contributed by atoms with E-state index in [1.807, 2.05) is 18.7 Å². The van der Waals surface area contributed by atoms with Gasteiger partial charge < -0.3 is 10.6 Å². The number of aliphatic imine (C=N–C) groups is 1. The van der Waals surface area contributed by atoms with E-state index < -0.39 is 0 Å². The van der Waals surface area contributed by atoms with Gasteiger partial charge in [-0.15, -0.1) is 0 Å². The fourth-order valence-electron chi connectivity index (χ4n) is 2.86. The maximum atomic E-state index is 4.75. The lowest BCUT2D eigenvalue weighted by Crippen LogP contribution is -2.42. The molecular weight excluding hydrogens is 310 g/mol. The Morgan fingerprint density at radius 3 is 2.56 bits per heavy atom. The van der Waals surface area contributed by atoms with Crippen LogP contribution < -0.4 is 10.6 Å². The molecule has 1 unspecified atom stereocenters. The van der Waals surface area contributed by atoms with Gasteiger partial charge in [-0.25, -0.2) is 4.99 Å². The third-order valence-electron chi connectivity index (χ3n) is 4.49. The smallest absolute Gasteiger partial charge is 0.191 e. The van der Waals surface area contributed by atoms with E-state index in [9.17, 15) is 0 Å². The number of rotatable bonds is 7. The normalized spacial score (nSPS) is 12.9. The molecule has 1 atom stereocenters. The summed E-state index contributed by atoms with van der Waals surface area (Å²) in [5, 5.41) is 11.3. The Morgan fingerprint density at radius 2 is 1.96 bits per heavy atom. The van der Waals surface area contributed by atoms with Gasteiger partial charge in [0.15, 0.2) is 5.96 Å². The topological polar surface area (TPSA) is 54.2 Å². The van der Waals surface area contributed by atoms with Crippen molar-refractivity contribution < 1.29 is 0 Å². The maximum Gasteiger partial charge on any atom is 0.191 e. The summed E-state index contributed by atoms with van der Waals surface area (Å²) in [6.07, 6.45) is 2.13. The Bertz CT molecular complexity index is 688. The van der Waals surface area contributed by atoms with E-state index in [1.165, 1.54) is 16.8 Å². The molecule has 0 radical (unpaired) electrons. The predicted octanol–water partition coefficient (Wildman–Crippen LogP) is 3.11. The van der Waals surface area contributed by atoms with Crippen LogP contribution >= 0.6 is 0 Å². The first-order valence-corrected chi connectivity index (χ1v) is 9.09. The summed E-state index contributed by atoms with van der Waals surface area (Å²) in [6.45, 7) is 9.92. The third kappa shape index (κ3) is 5.62. The first-order valence-electron chi connectivity index (χ1n) is 9.09. The molecule has 0 fully saturated rings. The summed E-state index contributed by atoms with van der Waals surface area (Å²) in [4.78, 5) is 4.75. The van der Waals surface area contributed by atoms with Gasteiger partial charge >= 0.3 is 0 Å². The minimum absolute atomic E-state index is 0.356. The molecule has 136 valence electrons. The highest BCUT2D eigenvalue weighted by Gasteiger charge is 2.10. The highest BCUT2D eigenvalue weighted by atomic mass is 15.3. The average Bonchev–Trinajstić information content (AvgIpc) is 2.84. The van der Waals surface area contributed by atoms with Crippen LogP contribution in [0.4, 0.5) is 0 Å². The molecule has 0 amide bonds. The van der Waals surface area contributed by atoms with Gasteiger partial charge in [-0.3, -0.25) is 4.68 Å². The summed E-state index contributed by atoms with van der Waals surface area (Å²) in [5.41, 5.74) is 4.81. The van der Waals surface area contributed by atoms with E-state index >= 15 is 0 Å². The van der Waals surface area contributed by atoms with Crippen LogP contribution in [0.2, 0.25) is 0 Å². The zero-order valence-corrected chi connectivity index (χ0v) is 16.1. The Kier molecular flexibility index (Phi) is 7.04. The van der Waals surface area contributed by atoms with Crippen LogP contribution in [0.25, 0.3) is 0 Å². The average molecular weight is 342 g/mol. The fourth-order valence-corrected chi connectivity index (χ4v) is 2.86. The van der Waals surface area contributed by atoms with Gasteiger partial charge in [-0.2, -0.15) is 5.10 Å². The lowest BCUT2D eigenvalue weighted by atomic mass is 10.1. The van der Waals surface area contributed by atoms with Crippen LogP contribution in [0, 0.1) is 13.8 Å². The van der Waals surface area contributed by atoms with Crippen molar-refractivity contribution in [1.82, 2.24) is 20.4 Å². The van der Waals surface area contributed by atoms with Crippen molar-refractivity contribution in [3.63, 3.8) is 0 Å². The molecule has 25 heavy (non-hydrogen) atoms. The maximum absolute atomic E-state index is 4.75. The monoisotopic (exact) mass is 341 g/mol. The third-order valence-corrected chi connectivity index (χ3v) is 4.49. The summed E-state index contributed by atoms with van der Waals surface area (Å²) >= 11 is 0. The standard InChI is InChI=1S/C20H31N5/c1-6-21-20(22-14-19-16(3)24-25(5)17(19)4)23-15(2)12-13-18-10-8-7-9-11-18/h7-11,15H,6,12-14H2,1-5H3,(H2,21,22,23). The second-order valence-electron chi connectivity index (χ2n) is 6.54. The van der Waals surface area contributed by atoms with Crippen LogP contribution in [-0.4, -0.2) is 28.3 Å². The molecule has 2 rings (SSSR count). The van der Waals surface area contributed by atoms with Crippen LogP contribution in [0.15, 0.2) is 35.3 Å². The number of aromatic nitrogens is 2. The molecule has 1 heterocycles. The summed E-state index contributed by atoms with van der Waals surface area (Å²) in [5.74, 6) is 0.866. The minimum atomic E-state index is 0.356. The Balaban J connectivity index is 1.94. The van der Waals surface area contributed by atoms with Gasteiger partial charge in [0.2, 0.25) is 0 Å². The molecule has 1 aromatic heterocycles. The largest absolute Gasteiger partial charge is 0.357 e. The minimum Gasteiger partial charge on any atom is -0.357 e. The molecule has 0 aliphatic rings. The fraction of sp³-hybridized carbons (Fsp3) is 0.500. The number of hydrogen-bond acceptors (Lipinski definition) is 2. The van der Waals surface area contributed by atoms with Gasteiger partial charge in [0.05, 0.1) is 12.2 Å². The lowest BCUT2D eigenvalue weighted by Gasteiger charge is -2.18. The van der Waals surface area contributed by atoms with Crippen LogP contribution in [0.1, 0.15) is 42.8 Å². The van der Waals surface area contributed by atoms with Crippen molar-refractivity contribution in [3.05, 3.63) is 52.8 Å². The highest BCUT2D eigenvalue weighted by molar-refractivity contribution is 5.80.